The minimum absolute atomic E-state index is 0.265. The molecule has 1 aromatic carbocycles. The number of hydrogen-bond acceptors (Lipinski definition) is 4. The first-order chi connectivity index (χ1) is 26.2. The Hall–Kier alpha value is -1.71. The van der Waals surface area contributed by atoms with Crippen LogP contribution in [-0.2, 0) is 4.74 Å². The molecule has 0 fully saturated rings. The van der Waals surface area contributed by atoms with Crippen molar-refractivity contribution in [3.05, 3.63) is 23.8 Å². The molecule has 0 radical (unpaired) electrons. The first kappa shape index (κ1) is 49.3. The minimum Gasteiger partial charge on any atom is -0.493 e. The fourth-order valence-electron chi connectivity index (χ4n) is 7.31. The highest BCUT2D eigenvalue weighted by molar-refractivity contribution is 5.90. The molecule has 0 aliphatic carbocycles. The van der Waals surface area contributed by atoms with E-state index in [1.54, 1.807) is 0 Å². The Balaban J connectivity index is 2.37. The molecular weight excluding hydrogens is 653 g/mol. The third kappa shape index (κ3) is 33.4. The van der Waals surface area contributed by atoms with E-state index in [2.05, 4.69) is 20.8 Å². The van der Waals surface area contributed by atoms with Crippen molar-refractivity contribution in [3.63, 3.8) is 0 Å². The number of esters is 1. The zero-order valence-corrected chi connectivity index (χ0v) is 35.9. The number of benzene rings is 1. The third-order valence-electron chi connectivity index (χ3n) is 10.9. The van der Waals surface area contributed by atoms with Crippen molar-refractivity contribution in [1.29, 1.82) is 0 Å². The molecule has 0 atom stereocenters. The van der Waals surface area contributed by atoms with Crippen LogP contribution in [0, 0.1) is 0 Å². The zero-order valence-electron chi connectivity index (χ0n) is 35.9. The lowest BCUT2D eigenvalue weighted by Gasteiger charge is -2.13. The normalized spacial score (nSPS) is 11.3. The highest BCUT2D eigenvalue weighted by Crippen LogP contribution is 2.25. The SMILES string of the molecule is CCCCCCCCCCCCCCOC(=O)c1cc(OCCCCCCCCCCCCCC)cc(OCCCCCCCCCCCCCC)c1. The van der Waals surface area contributed by atoms with Crippen LogP contribution in [0.15, 0.2) is 18.2 Å². The second-order valence-corrected chi connectivity index (χ2v) is 16.2. The molecule has 0 amide bonds. The molecule has 0 unspecified atom stereocenters. The van der Waals surface area contributed by atoms with E-state index in [0.29, 0.717) is 25.4 Å². The quantitative estimate of drug-likeness (QED) is 0.0494. The number of rotatable bonds is 42. The first-order valence-electron chi connectivity index (χ1n) is 23.8. The lowest BCUT2D eigenvalue weighted by molar-refractivity contribution is 0.0496. The van der Waals surface area contributed by atoms with Gasteiger partial charge in [0.1, 0.15) is 11.5 Å². The number of carbonyl (C=O) groups excluding carboxylic acids is 1. The van der Waals surface area contributed by atoms with Crippen molar-refractivity contribution in [2.75, 3.05) is 19.8 Å². The van der Waals surface area contributed by atoms with E-state index < -0.39 is 0 Å². The second-order valence-electron chi connectivity index (χ2n) is 16.2. The smallest absolute Gasteiger partial charge is 0.338 e. The third-order valence-corrected chi connectivity index (χ3v) is 10.9. The van der Waals surface area contributed by atoms with Crippen molar-refractivity contribution in [1.82, 2.24) is 0 Å². The Bertz CT molecular complexity index is 850. The molecule has 4 heteroatoms. The van der Waals surface area contributed by atoms with E-state index in [-0.39, 0.29) is 5.97 Å². The Morgan fingerprint density at radius 2 is 0.585 bits per heavy atom. The largest absolute Gasteiger partial charge is 0.493 e. The van der Waals surface area contributed by atoms with Gasteiger partial charge >= 0.3 is 5.97 Å². The summed E-state index contributed by atoms with van der Waals surface area (Å²) in [5.41, 5.74) is 0.542. The summed E-state index contributed by atoms with van der Waals surface area (Å²) in [6, 6.07) is 5.66. The van der Waals surface area contributed by atoms with Gasteiger partial charge in [0.05, 0.1) is 25.4 Å². The summed E-state index contributed by atoms with van der Waals surface area (Å²) in [4.78, 5) is 13.1. The summed E-state index contributed by atoms with van der Waals surface area (Å²) in [5, 5.41) is 0. The van der Waals surface area contributed by atoms with Crippen molar-refractivity contribution < 1.29 is 19.0 Å². The van der Waals surface area contributed by atoms with Crippen LogP contribution in [0.5, 0.6) is 11.5 Å². The lowest BCUT2D eigenvalue weighted by atomic mass is 10.1. The van der Waals surface area contributed by atoms with Gasteiger partial charge in [-0.1, -0.05) is 233 Å². The van der Waals surface area contributed by atoms with E-state index in [1.807, 2.05) is 18.2 Å². The van der Waals surface area contributed by atoms with Gasteiger partial charge in [-0.2, -0.15) is 0 Å². The van der Waals surface area contributed by atoms with E-state index in [9.17, 15) is 4.79 Å². The first-order valence-corrected chi connectivity index (χ1v) is 23.8. The standard InChI is InChI=1S/C49H90O4/c1-4-7-10-13-16-19-22-25-28-31-34-37-40-51-47-43-46(49(50)53-42-39-36-33-30-27-24-21-18-15-12-9-6-3)44-48(45-47)52-41-38-35-32-29-26-23-20-17-14-11-8-5-2/h43-45H,4-42H2,1-3H3. The molecule has 0 aliphatic heterocycles. The van der Waals surface area contributed by atoms with Gasteiger partial charge in [0, 0.05) is 6.07 Å². The topological polar surface area (TPSA) is 44.8 Å². The number of carbonyl (C=O) groups is 1. The molecule has 0 aliphatic rings. The van der Waals surface area contributed by atoms with Gasteiger partial charge in [-0.15, -0.1) is 0 Å². The summed E-state index contributed by atoms with van der Waals surface area (Å²) in [6.07, 6.45) is 47.4. The average Bonchev–Trinajstić information content (AvgIpc) is 3.17. The summed E-state index contributed by atoms with van der Waals surface area (Å²) in [6.45, 7) is 8.68. The minimum atomic E-state index is -0.265. The Labute approximate surface area is 331 Å². The van der Waals surface area contributed by atoms with Gasteiger partial charge in [0.2, 0.25) is 0 Å². The zero-order chi connectivity index (χ0) is 38.1. The van der Waals surface area contributed by atoms with Gasteiger partial charge in [0.25, 0.3) is 0 Å². The molecule has 0 saturated heterocycles. The maximum absolute atomic E-state index is 13.1. The maximum Gasteiger partial charge on any atom is 0.338 e. The fraction of sp³-hybridized carbons (Fsp3) is 0.857. The van der Waals surface area contributed by atoms with Crippen LogP contribution in [-0.4, -0.2) is 25.8 Å². The van der Waals surface area contributed by atoms with Crippen LogP contribution in [0.4, 0.5) is 0 Å². The highest BCUT2D eigenvalue weighted by atomic mass is 16.5. The Morgan fingerprint density at radius 3 is 0.868 bits per heavy atom. The van der Waals surface area contributed by atoms with Gasteiger partial charge in [0.15, 0.2) is 0 Å². The molecule has 0 bridgehead atoms. The molecule has 0 aromatic heterocycles. The Morgan fingerprint density at radius 1 is 0.340 bits per heavy atom. The summed E-state index contributed by atoms with van der Waals surface area (Å²) in [5.74, 6) is 1.18. The molecule has 4 nitrogen and oxygen atoms in total. The molecule has 0 heterocycles. The highest BCUT2D eigenvalue weighted by Gasteiger charge is 2.12. The molecule has 1 rings (SSSR count). The van der Waals surface area contributed by atoms with Crippen LogP contribution in [0.3, 0.4) is 0 Å². The van der Waals surface area contributed by atoms with Crippen LogP contribution < -0.4 is 9.47 Å². The molecule has 53 heavy (non-hydrogen) atoms. The fourth-order valence-corrected chi connectivity index (χ4v) is 7.31. The maximum atomic E-state index is 13.1. The van der Waals surface area contributed by atoms with Crippen molar-refractivity contribution in [2.24, 2.45) is 0 Å². The molecule has 0 N–H and O–H groups in total. The summed E-state index contributed by atoms with van der Waals surface area (Å²) < 4.78 is 18.1. The van der Waals surface area contributed by atoms with Crippen molar-refractivity contribution in [3.8, 4) is 11.5 Å². The molecule has 0 spiro atoms. The number of hydrogen-bond donors (Lipinski definition) is 0. The predicted molar refractivity (Wildman–Crippen MR) is 231 cm³/mol. The van der Waals surface area contributed by atoms with Crippen molar-refractivity contribution >= 4 is 5.97 Å². The summed E-state index contributed by atoms with van der Waals surface area (Å²) in [7, 11) is 0. The monoisotopic (exact) mass is 743 g/mol. The molecule has 0 saturated carbocycles. The van der Waals surface area contributed by atoms with E-state index in [0.717, 1.165) is 37.2 Å². The van der Waals surface area contributed by atoms with E-state index >= 15 is 0 Å². The molecular formula is C49H90O4. The number of ether oxygens (including phenoxy) is 3. The van der Waals surface area contributed by atoms with Crippen LogP contribution in [0.1, 0.15) is 262 Å². The van der Waals surface area contributed by atoms with Gasteiger partial charge in [-0.3, -0.25) is 0 Å². The van der Waals surface area contributed by atoms with E-state index in [4.69, 9.17) is 14.2 Å². The van der Waals surface area contributed by atoms with Crippen LogP contribution in [0.2, 0.25) is 0 Å². The van der Waals surface area contributed by atoms with Gasteiger partial charge in [-0.05, 0) is 31.4 Å². The van der Waals surface area contributed by atoms with Gasteiger partial charge in [-0.25, -0.2) is 4.79 Å². The predicted octanol–water partition coefficient (Wildman–Crippen LogP) is 16.7. The summed E-state index contributed by atoms with van der Waals surface area (Å²) >= 11 is 0. The van der Waals surface area contributed by atoms with Crippen LogP contribution >= 0.6 is 0 Å². The Kier molecular flexibility index (Phi) is 37.2. The van der Waals surface area contributed by atoms with Gasteiger partial charge < -0.3 is 14.2 Å². The van der Waals surface area contributed by atoms with E-state index in [1.165, 1.54) is 205 Å². The van der Waals surface area contributed by atoms with Crippen LogP contribution in [0.25, 0.3) is 0 Å². The lowest BCUT2D eigenvalue weighted by Crippen LogP contribution is -2.08. The molecule has 1 aromatic rings. The average molecular weight is 743 g/mol. The van der Waals surface area contributed by atoms with Crippen molar-refractivity contribution in [2.45, 2.75) is 252 Å². The number of unbranched alkanes of at least 4 members (excludes halogenated alkanes) is 33. The molecule has 310 valence electrons. The second kappa shape index (κ2) is 40.0.